The highest BCUT2D eigenvalue weighted by molar-refractivity contribution is 7.92. The van der Waals surface area contributed by atoms with E-state index in [2.05, 4.69) is 10.3 Å². The molecule has 5 nitrogen and oxygen atoms in total. The number of nitrogens with one attached hydrogen (secondary N) is 1. The van der Waals surface area contributed by atoms with Crippen LogP contribution < -0.4 is 5.32 Å². The summed E-state index contributed by atoms with van der Waals surface area (Å²) in [6.45, 7) is 0. The van der Waals surface area contributed by atoms with E-state index in [0.29, 0.717) is 17.7 Å². The summed E-state index contributed by atoms with van der Waals surface area (Å²) >= 11 is 0. The van der Waals surface area contributed by atoms with Crippen molar-refractivity contribution >= 4 is 15.7 Å². The largest absolute Gasteiger partial charge is 0.435 e. The predicted octanol–water partition coefficient (Wildman–Crippen LogP) is 6.09. The maximum atomic E-state index is 14.6. The van der Waals surface area contributed by atoms with Gasteiger partial charge in [0, 0.05) is 24.0 Å². The number of hydrogen-bond acceptors (Lipinski definition) is 4. The predicted molar refractivity (Wildman–Crippen MR) is 130 cm³/mol. The molecule has 1 heterocycles. The zero-order chi connectivity index (χ0) is 30.3. The molecule has 4 rings (SSSR count). The quantitative estimate of drug-likeness (QED) is 0.261. The molecule has 2 aromatic carbocycles. The third-order valence-corrected chi connectivity index (χ3v) is 9.71. The van der Waals surface area contributed by atoms with Crippen LogP contribution in [0.1, 0.15) is 36.0 Å². The van der Waals surface area contributed by atoms with E-state index in [9.17, 15) is 48.3 Å². The van der Waals surface area contributed by atoms with Crippen LogP contribution in [0.3, 0.4) is 0 Å². The molecular weight excluding hydrogens is 584 g/mol. The standard InChI is InChI=1S/C27H22F8N2O3S/c28-20-5-7-22(8-6-20)41(39,40)24(12-9-21(16-24)37-23(38)15-17-10-13-36-14-11-17)18-1-3-19(4-2-18)25(29,26(30,31)32)27(33,34)35/h1-8,10-11,13-14,21H,9,12,15-16H2,(H,37,38). The minimum absolute atomic E-state index is 0.0567. The van der Waals surface area contributed by atoms with Crippen molar-refractivity contribution < 1.29 is 48.3 Å². The van der Waals surface area contributed by atoms with Crippen LogP contribution in [0.2, 0.25) is 0 Å². The minimum Gasteiger partial charge on any atom is -0.353 e. The average Bonchev–Trinajstić information content (AvgIpc) is 3.33. The lowest BCUT2D eigenvalue weighted by molar-refractivity contribution is -0.348. The Bertz CT molecular complexity index is 1480. The Balaban J connectivity index is 1.73. The number of pyridine rings is 1. The molecule has 220 valence electrons. The van der Waals surface area contributed by atoms with Gasteiger partial charge in [-0.2, -0.15) is 26.3 Å². The zero-order valence-corrected chi connectivity index (χ0v) is 21.8. The van der Waals surface area contributed by atoms with Crippen molar-refractivity contribution in [3.05, 3.63) is 95.6 Å². The van der Waals surface area contributed by atoms with E-state index < -0.39 is 55.9 Å². The molecule has 1 N–H and O–H groups in total. The SMILES string of the molecule is O=C(Cc1ccncc1)NC1CCC(c2ccc(C(F)(C(F)(F)F)C(F)(F)F)cc2)(S(=O)(=O)c2ccc(F)cc2)C1. The Labute approximate surface area is 229 Å². The van der Waals surface area contributed by atoms with Crippen molar-refractivity contribution in [2.75, 3.05) is 0 Å². The molecule has 14 heteroatoms. The van der Waals surface area contributed by atoms with Gasteiger partial charge in [0.1, 0.15) is 10.6 Å². The number of rotatable bonds is 7. The van der Waals surface area contributed by atoms with Gasteiger partial charge in [-0.25, -0.2) is 17.2 Å². The normalized spacial score (nSPS) is 20.1. The number of sulfone groups is 1. The first kappa shape index (κ1) is 30.4. The molecule has 1 aliphatic rings. The van der Waals surface area contributed by atoms with Crippen LogP contribution in [-0.4, -0.2) is 37.7 Å². The van der Waals surface area contributed by atoms with Gasteiger partial charge in [0.15, 0.2) is 9.84 Å². The van der Waals surface area contributed by atoms with Crippen molar-refractivity contribution in [2.24, 2.45) is 0 Å². The smallest absolute Gasteiger partial charge is 0.353 e. The van der Waals surface area contributed by atoms with Crippen molar-refractivity contribution in [1.29, 1.82) is 0 Å². The van der Waals surface area contributed by atoms with Gasteiger partial charge in [0.05, 0.1) is 11.3 Å². The fraction of sp³-hybridized carbons (Fsp3) is 0.333. The summed E-state index contributed by atoms with van der Waals surface area (Å²) in [5.74, 6) is -1.20. The first-order valence-electron chi connectivity index (χ1n) is 12.1. The van der Waals surface area contributed by atoms with E-state index in [0.717, 1.165) is 24.3 Å². The van der Waals surface area contributed by atoms with Gasteiger partial charge >= 0.3 is 18.0 Å². The second-order valence-electron chi connectivity index (χ2n) is 9.72. The Hall–Kier alpha value is -3.55. The number of carbonyl (C=O) groups excluding carboxylic acids is 1. The summed E-state index contributed by atoms with van der Waals surface area (Å²) in [5, 5.41) is 2.72. The highest BCUT2D eigenvalue weighted by atomic mass is 32.2. The molecule has 1 fully saturated rings. The van der Waals surface area contributed by atoms with Crippen LogP contribution >= 0.6 is 0 Å². The highest BCUT2D eigenvalue weighted by Crippen LogP contribution is 2.54. The van der Waals surface area contributed by atoms with Gasteiger partial charge in [-0.1, -0.05) is 24.3 Å². The highest BCUT2D eigenvalue weighted by Gasteiger charge is 2.73. The van der Waals surface area contributed by atoms with Gasteiger partial charge < -0.3 is 5.32 Å². The summed E-state index contributed by atoms with van der Waals surface area (Å²) in [5.41, 5.74) is -7.04. The molecule has 1 aliphatic carbocycles. The third-order valence-electron chi connectivity index (χ3n) is 7.18. The fourth-order valence-electron chi connectivity index (χ4n) is 5.09. The number of halogens is 8. The first-order chi connectivity index (χ1) is 19.0. The van der Waals surface area contributed by atoms with Gasteiger partial charge in [-0.3, -0.25) is 9.78 Å². The summed E-state index contributed by atoms with van der Waals surface area (Å²) in [6, 6.07) is 8.13. The Morgan fingerprint density at radius 3 is 1.98 bits per heavy atom. The van der Waals surface area contributed by atoms with E-state index in [4.69, 9.17) is 0 Å². The molecule has 1 amide bonds. The molecule has 2 unspecified atom stereocenters. The second-order valence-corrected chi connectivity index (χ2v) is 12.0. The van der Waals surface area contributed by atoms with E-state index in [1.165, 1.54) is 12.4 Å². The summed E-state index contributed by atoms with van der Waals surface area (Å²) in [4.78, 5) is 16.1. The van der Waals surface area contributed by atoms with Crippen LogP contribution in [0.4, 0.5) is 35.1 Å². The molecule has 41 heavy (non-hydrogen) atoms. The topological polar surface area (TPSA) is 76.1 Å². The van der Waals surface area contributed by atoms with Gasteiger partial charge in [-0.15, -0.1) is 0 Å². The van der Waals surface area contributed by atoms with Crippen LogP contribution in [0.25, 0.3) is 0 Å². The number of amides is 1. The molecule has 0 radical (unpaired) electrons. The molecule has 0 spiro atoms. The van der Waals surface area contributed by atoms with Crippen LogP contribution in [0, 0.1) is 5.82 Å². The minimum atomic E-state index is -6.35. The Morgan fingerprint density at radius 2 is 1.44 bits per heavy atom. The lowest BCUT2D eigenvalue weighted by Crippen LogP contribution is -2.50. The number of nitrogens with zero attached hydrogens (tertiary/aromatic N) is 1. The lowest BCUT2D eigenvalue weighted by atomic mass is 9.89. The average molecular weight is 607 g/mol. The van der Waals surface area contributed by atoms with Gasteiger partial charge in [-0.05, 0) is 66.8 Å². The summed E-state index contributed by atoms with van der Waals surface area (Å²) < 4.78 is 134. The van der Waals surface area contributed by atoms with Crippen molar-refractivity contribution in [2.45, 2.75) is 59.4 Å². The van der Waals surface area contributed by atoms with E-state index >= 15 is 0 Å². The number of hydrogen-bond donors (Lipinski definition) is 1. The lowest BCUT2D eigenvalue weighted by Gasteiger charge is -2.32. The monoisotopic (exact) mass is 606 g/mol. The maximum Gasteiger partial charge on any atom is 0.435 e. The summed E-state index contributed by atoms with van der Waals surface area (Å²) in [6.07, 6.45) is -10.2. The van der Waals surface area contributed by atoms with E-state index in [1.807, 2.05) is 0 Å². The van der Waals surface area contributed by atoms with Gasteiger partial charge in [0.2, 0.25) is 5.91 Å². The van der Waals surface area contributed by atoms with Crippen LogP contribution in [0.5, 0.6) is 0 Å². The number of carbonyl (C=O) groups is 1. The Morgan fingerprint density at radius 1 is 0.878 bits per heavy atom. The second kappa shape index (κ2) is 10.7. The molecule has 2 atom stereocenters. The third kappa shape index (κ3) is 5.53. The van der Waals surface area contributed by atoms with Crippen molar-refractivity contribution in [3.63, 3.8) is 0 Å². The molecule has 0 bridgehead atoms. The molecule has 0 saturated heterocycles. The van der Waals surface area contributed by atoms with E-state index in [1.54, 1.807) is 12.1 Å². The van der Waals surface area contributed by atoms with Gasteiger partial charge in [0.25, 0.3) is 0 Å². The molecule has 1 saturated carbocycles. The number of aromatic nitrogens is 1. The zero-order valence-electron chi connectivity index (χ0n) is 20.9. The molecular formula is C27H22F8N2O3S. The van der Waals surface area contributed by atoms with Crippen molar-refractivity contribution in [1.82, 2.24) is 10.3 Å². The molecule has 3 aromatic rings. The molecule has 0 aliphatic heterocycles. The number of benzene rings is 2. The molecule has 1 aromatic heterocycles. The van der Waals surface area contributed by atoms with Crippen LogP contribution in [0.15, 0.2) is 78.0 Å². The van der Waals surface area contributed by atoms with Crippen LogP contribution in [-0.2, 0) is 31.5 Å². The van der Waals surface area contributed by atoms with E-state index in [-0.39, 0.29) is 48.3 Å². The van der Waals surface area contributed by atoms with Crippen molar-refractivity contribution in [3.8, 4) is 0 Å². The summed E-state index contributed by atoms with van der Waals surface area (Å²) in [7, 11) is -4.47. The first-order valence-corrected chi connectivity index (χ1v) is 13.6. The Kier molecular flexibility index (Phi) is 7.93. The fourth-order valence-corrected chi connectivity index (χ4v) is 7.29. The maximum absolute atomic E-state index is 14.6. The number of alkyl halides is 7.